The SMILES string of the molecule is COc1ccc(S(=O)(=O)NCc2ccc(Cl)cc2Cl)cc1NC(=O)c1ccccc1. The van der Waals surface area contributed by atoms with Crippen LogP contribution in [-0.2, 0) is 16.6 Å². The molecular weight excluding hydrogens is 447 g/mol. The largest absolute Gasteiger partial charge is 0.495 e. The predicted octanol–water partition coefficient (Wildman–Crippen LogP) is 4.73. The Morgan fingerprint density at radius 1 is 1.00 bits per heavy atom. The minimum absolute atomic E-state index is 0.0178. The summed E-state index contributed by atoms with van der Waals surface area (Å²) < 4.78 is 33.3. The van der Waals surface area contributed by atoms with Crippen molar-refractivity contribution in [3.63, 3.8) is 0 Å². The number of amides is 1. The standard InChI is InChI=1S/C21H18Cl2N2O4S/c1-29-20-10-9-17(12-19(20)25-21(26)14-5-3-2-4-6-14)30(27,28)24-13-15-7-8-16(22)11-18(15)23/h2-12,24H,13H2,1H3,(H,25,26). The molecule has 2 N–H and O–H groups in total. The number of methoxy groups -OCH3 is 1. The Labute approximate surface area is 184 Å². The molecule has 0 aliphatic heterocycles. The summed E-state index contributed by atoms with van der Waals surface area (Å²) in [6.07, 6.45) is 0. The van der Waals surface area contributed by atoms with Gasteiger partial charge in [-0.3, -0.25) is 4.79 Å². The van der Waals surface area contributed by atoms with Gasteiger partial charge in [-0.05, 0) is 48.0 Å². The van der Waals surface area contributed by atoms with E-state index in [0.29, 0.717) is 26.9 Å². The summed E-state index contributed by atoms with van der Waals surface area (Å²) in [7, 11) is -2.45. The summed E-state index contributed by atoms with van der Waals surface area (Å²) in [6, 6.07) is 17.6. The number of rotatable bonds is 7. The number of anilines is 1. The van der Waals surface area contributed by atoms with Gasteiger partial charge < -0.3 is 10.1 Å². The molecule has 0 bridgehead atoms. The number of benzene rings is 3. The summed E-state index contributed by atoms with van der Waals surface area (Å²) in [6.45, 7) is -0.0178. The molecule has 0 heterocycles. The summed E-state index contributed by atoms with van der Waals surface area (Å²) in [4.78, 5) is 12.4. The lowest BCUT2D eigenvalue weighted by Gasteiger charge is -2.13. The molecule has 0 unspecified atom stereocenters. The Balaban J connectivity index is 1.82. The lowest BCUT2D eigenvalue weighted by atomic mass is 10.2. The van der Waals surface area contributed by atoms with Crippen molar-refractivity contribution in [3.8, 4) is 5.75 Å². The Hall–Kier alpha value is -2.58. The average molecular weight is 465 g/mol. The number of hydrogen-bond acceptors (Lipinski definition) is 4. The van der Waals surface area contributed by atoms with Crippen LogP contribution in [0.5, 0.6) is 5.75 Å². The van der Waals surface area contributed by atoms with Crippen LogP contribution in [-0.4, -0.2) is 21.4 Å². The topological polar surface area (TPSA) is 84.5 Å². The van der Waals surface area contributed by atoms with Gasteiger partial charge in [0.05, 0.1) is 17.7 Å². The number of ether oxygens (including phenoxy) is 1. The highest BCUT2D eigenvalue weighted by atomic mass is 35.5. The van der Waals surface area contributed by atoms with Crippen LogP contribution < -0.4 is 14.8 Å². The average Bonchev–Trinajstić information content (AvgIpc) is 2.73. The van der Waals surface area contributed by atoms with E-state index < -0.39 is 10.0 Å². The Kier molecular flexibility index (Phi) is 6.99. The van der Waals surface area contributed by atoms with Crippen molar-refractivity contribution in [2.75, 3.05) is 12.4 Å². The zero-order valence-electron chi connectivity index (χ0n) is 15.9. The summed E-state index contributed by atoms with van der Waals surface area (Å²) in [5.74, 6) is -0.0525. The number of nitrogens with one attached hydrogen (secondary N) is 2. The molecule has 30 heavy (non-hydrogen) atoms. The van der Waals surface area contributed by atoms with Crippen LogP contribution in [0.25, 0.3) is 0 Å². The van der Waals surface area contributed by atoms with E-state index in [2.05, 4.69) is 10.0 Å². The van der Waals surface area contributed by atoms with Crippen LogP contribution >= 0.6 is 23.2 Å². The third-order valence-corrected chi connectivity index (χ3v) is 6.22. The Bertz CT molecular complexity index is 1170. The molecule has 0 saturated heterocycles. The molecule has 3 aromatic rings. The number of hydrogen-bond donors (Lipinski definition) is 2. The third kappa shape index (κ3) is 5.31. The van der Waals surface area contributed by atoms with Crippen molar-refractivity contribution in [1.29, 1.82) is 0 Å². The Morgan fingerprint density at radius 3 is 2.40 bits per heavy atom. The first kappa shape index (κ1) is 22.1. The lowest BCUT2D eigenvalue weighted by Crippen LogP contribution is -2.23. The second kappa shape index (κ2) is 9.49. The fourth-order valence-electron chi connectivity index (χ4n) is 2.66. The maximum Gasteiger partial charge on any atom is 0.255 e. The van der Waals surface area contributed by atoms with Crippen LogP contribution in [0, 0.1) is 0 Å². The van der Waals surface area contributed by atoms with Gasteiger partial charge in [0, 0.05) is 22.2 Å². The smallest absolute Gasteiger partial charge is 0.255 e. The van der Waals surface area contributed by atoms with Crippen molar-refractivity contribution in [3.05, 3.63) is 87.9 Å². The monoisotopic (exact) mass is 464 g/mol. The molecule has 9 heteroatoms. The van der Waals surface area contributed by atoms with Gasteiger partial charge in [-0.25, -0.2) is 13.1 Å². The van der Waals surface area contributed by atoms with Crippen LogP contribution in [0.1, 0.15) is 15.9 Å². The highest BCUT2D eigenvalue weighted by Gasteiger charge is 2.18. The molecule has 0 spiro atoms. The van der Waals surface area contributed by atoms with Gasteiger partial charge in [0.2, 0.25) is 10.0 Å². The highest BCUT2D eigenvalue weighted by molar-refractivity contribution is 7.89. The first-order valence-electron chi connectivity index (χ1n) is 8.78. The molecule has 1 amide bonds. The van der Waals surface area contributed by atoms with Gasteiger partial charge in [0.1, 0.15) is 5.75 Å². The molecule has 0 radical (unpaired) electrons. The molecule has 3 aromatic carbocycles. The molecule has 0 aliphatic rings. The van der Waals surface area contributed by atoms with Crippen molar-refractivity contribution < 1.29 is 17.9 Å². The molecule has 3 rings (SSSR count). The quantitative estimate of drug-likeness (QED) is 0.528. The van der Waals surface area contributed by atoms with Crippen molar-refractivity contribution >= 4 is 44.8 Å². The first-order chi connectivity index (χ1) is 14.3. The fourth-order valence-corrected chi connectivity index (χ4v) is 4.16. The van der Waals surface area contributed by atoms with Gasteiger partial charge in [0.25, 0.3) is 5.91 Å². The van der Waals surface area contributed by atoms with Gasteiger partial charge in [-0.15, -0.1) is 0 Å². The second-order valence-corrected chi connectivity index (χ2v) is 8.85. The molecule has 0 fully saturated rings. The Morgan fingerprint density at radius 2 is 1.73 bits per heavy atom. The van der Waals surface area contributed by atoms with Crippen LogP contribution in [0.3, 0.4) is 0 Å². The summed E-state index contributed by atoms with van der Waals surface area (Å²) >= 11 is 12.0. The molecule has 0 aliphatic carbocycles. The predicted molar refractivity (Wildman–Crippen MR) is 118 cm³/mol. The molecule has 0 saturated carbocycles. The lowest BCUT2D eigenvalue weighted by molar-refractivity contribution is 0.102. The fraction of sp³-hybridized carbons (Fsp3) is 0.0952. The van der Waals surface area contributed by atoms with Crippen LogP contribution in [0.4, 0.5) is 5.69 Å². The number of sulfonamides is 1. The van der Waals surface area contributed by atoms with Crippen LogP contribution in [0.15, 0.2) is 71.6 Å². The van der Waals surface area contributed by atoms with E-state index in [4.69, 9.17) is 27.9 Å². The number of halogens is 2. The minimum Gasteiger partial charge on any atom is -0.495 e. The molecule has 0 aromatic heterocycles. The number of carbonyl (C=O) groups excluding carboxylic acids is 1. The van der Waals surface area contributed by atoms with E-state index in [1.807, 2.05) is 0 Å². The van der Waals surface area contributed by atoms with E-state index in [1.165, 1.54) is 31.4 Å². The van der Waals surface area contributed by atoms with Gasteiger partial charge >= 0.3 is 0 Å². The van der Waals surface area contributed by atoms with E-state index in [1.54, 1.807) is 42.5 Å². The van der Waals surface area contributed by atoms with E-state index in [-0.39, 0.29) is 23.0 Å². The van der Waals surface area contributed by atoms with E-state index >= 15 is 0 Å². The van der Waals surface area contributed by atoms with E-state index in [9.17, 15) is 13.2 Å². The minimum atomic E-state index is -3.88. The molecule has 156 valence electrons. The first-order valence-corrected chi connectivity index (χ1v) is 11.0. The third-order valence-electron chi connectivity index (χ3n) is 4.23. The van der Waals surface area contributed by atoms with Gasteiger partial charge in [0.15, 0.2) is 0 Å². The van der Waals surface area contributed by atoms with Crippen molar-refractivity contribution in [1.82, 2.24) is 4.72 Å². The molecule has 0 atom stereocenters. The van der Waals surface area contributed by atoms with Gasteiger partial charge in [-0.2, -0.15) is 0 Å². The normalized spacial score (nSPS) is 11.2. The van der Waals surface area contributed by atoms with Gasteiger partial charge in [-0.1, -0.05) is 47.5 Å². The zero-order valence-corrected chi connectivity index (χ0v) is 18.2. The van der Waals surface area contributed by atoms with Crippen molar-refractivity contribution in [2.45, 2.75) is 11.4 Å². The summed E-state index contributed by atoms with van der Waals surface area (Å²) in [5, 5.41) is 3.50. The molecular formula is C21H18Cl2N2O4S. The zero-order chi connectivity index (χ0) is 21.7. The highest BCUT2D eigenvalue weighted by Crippen LogP contribution is 2.28. The maximum atomic E-state index is 12.8. The van der Waals surface area contributed by atoms with E-state index in [0.717, 1.165) is 0 Å². The second-order valence-electron chi connectivity index (χ2n) is 6.24. The summed E-state index contributed by atoms with van der Waals surface area (Å²) in [5.41, 5.74) is 1.25. The van der Waals surface area contributed by atoms with Crippen LogP contribution in [0.2, 0.25) is 10.0 Å². The maximum absolute atomic E-state index is 12.8. The molecule has 6 nitrogen and oxygen atoms in total. The van der Waals surface area contributed by atoms with Crippen molar-refractivity contribution in [2.24, 2.45) is 0 Å². The number of carbonyl (C=O) groups is 1.